The Labute approximate surface area is 141 Å². The van der Waals surface area contributed by atoms with Crippen molar-refractivity contribution >= 4 is 11.6 Å². The van der Waals surface area contributed by atoms with Gasteiger partial charge in [-0.15, -0.1) is 0 Å². The van der Waals surface area contributed by atoms with Gasteiger partial charge >= 0.3 is 5.69 Å². The van der Waals surface area contributed by atoms with Gasteiger partial charge in [-0.05, 0) is 44.2 Å². The fourth-order valence-electron chi connectivity index (χ4n) is 3.15. The zero-order valence-electron chi connectivity index (χ0n) is 13.9. The van der Waals surface area contributed by atoms with Crippen LogP contribution in [-0.2, 0) is 4.79 Å². The molecule has 1 aromatic carbocycles. The summed E-state index contributed by atoms with van der Waals surface area (Å²) in [5.74, 6) is -0.0885. The highest BCUT2D eigenvalue weighted by molar-refractivity contribution is 5.78. The van der Waals surface area contributed by atoms with Crippen LogP contribution in [0.5, 0.6) is 5.75 Å². The Morgan fingerprint density at radius 2 is 2.04 bits per heavy atom. The lowest BCUT2D eigenvalue weighted by Gasteiger charge is -2.32. The van der Waals surface area contributed by atoms with E-state index in [4.69, 9.17) is 4.74 Å². The fourth-order valence-corrected chi connectivity index (χ4v) is 3.15. The molecule has 0 atom stereocenters. The van der Waals surface area contributed by atoms with Crippen molar-refractivity contribution < 1.29 is 14.5 Å². The Morgan fingerprint density at radius 3 is 2.67 bits per heavy atom. The smallest absolute Gasteiger partial charge is 0.310 e. The number of nitro groups is 1. The fraction of sp³-hybridized carbons (Fsp3) is 0.588. The topological polar surface area (TPSA) is 84.7 Å². The van der Waals surface area contributed by atoms with Gasteiger partial charge in [0, 0.05) is 31.2 Å². The molecule has 0 unspecified atom stereocenters. The molecule has 1 saturated heterocycles. The number of rotatable bonds is 6. The molecule has 1 aliphatic heterocycles. The van der Waals surface area contributed by atoms with Crippen LogP contribution in [0, 0.1) is 17.0 Å². The van der Waals surface area contributed by atoms with Crippen molar-refractivity contribution in [2.45, 2.75) is 44.7 Å². The Bertz CT molecular complexity index is 622. The van der Waals surface area contributed by atoms with Gasteiger partial charge in [-0.1, -0.05) is 6.07 Å². The lowest BCUT2D eigenvalue weighted by Crippen LogP contribution is -2.46. The molecule has 2 aliphatic rings. The number of ether oxygens (including phenoxy) is 1. The molecule has 130 valence electrons. The summed E-state index contributed by atoms with van der Waals surface area (Å²) in [6.07, 6.45) is 4.51. The number of benzene rings is 1. The molecule has 7 heteroatoms. The molecule has 1 N–H and O–H groups in total. The van der Waals surface area contributed by atoms with E-state index in [1.807, 2.05) is 6.92 Å². The highest BCUT2D eigenvalue weighted by Gasteiger charge is 2.32. The van der Waals surface area contributed by atoms with Crippen molar-refractivity contribution in [1.29, 1.82) is 0 Å². The van der Waals surface area contributed by atoms with Crippen LogP contribution in [0.25, 0.3) is 0 Å². The minimum Gasteiger partial charge on any atom is -0.477 e. The minimum absolute atomic E-state index is 0.119. The number of amides is 1. The highest BCUT2D eigenvalue weighted by atomic mass is 16.6. The molecule has 0 spiro atoms. The van der Waals surface area contributed by atoms with Crippen LogP contribution in [0.3, 0.4) is 0 Å². The van der Waals surface area contributed by atoms with Crippen LogP contribution < -0.4 is 10.1 Å². The van der Waals surface area contributed by atoms with Crippen molar-refractivity contribution in [2.24, 2.45) is 0 Å². The quantitative estimate of drug-likeness (QED) is 0.636. The SMILES string of the molecule is Cc1ccc([N+](=O)[O-])c(OCC(=O)NC2CCN(C3CC3)CC2)c1. The van der Waals surface area contributed by atoms with Crippen molar-refractivity contribution in [3.05, 3.63) is 33.9 Å². The summed E-state index contributed by atoms with van der Waals surface area (Å²) in [5.41, 5.74) is 0.731. The van der Waals surface area contributed by atoms with Gasteiger partial charge in [0.1, 0.15) is 0 Å². The zero-order chi connectivity index (χ0) is 17.1. The van der Waals surface area contributed by atoms with Gasteiger partial charge in [-0.3, -0.25) is 14.9 Å². The second-order valence-electron chi connectivity index (χ2n) is 6.63. The number of hydrogen-bond donors (Lipinski definition) is 1. The van der Waals surface area contributed by atoms with E-state index in [0.717, 1.165) is 37.5 Å². The second kappa shape index (κ2) is 7.17. The predicted octanol–water partition coefficient (Wildman–Crippen LogP) is 2.03. The van der Waals surface area contributed by atoms with E-state index in [0.29, 0.717) is 0 Å². The Hall–Kier alpha value is -2.15. The number of likely N-dealkylation sites (tertiary alicyclic amines) is 1. The third-order valence-corrected chi connectivity index (χ3v) is 4.63. The van der Waals surface area contributed by atoms with Gasteiger partial charge in [0.25, 0.3) is 5.91 Å². The number of hydrogen-bond acceptors (Lipinski definition) is 5. The van der Waals surface area contributed by atoms with E-state index in [-0.39, 0.29) is 30.0 Å². The summed E-state index contributed by atoms with van der Waals surface area (Å²) in [4.78, 5) is 25.1. The Kier molecular flexibility index (Phi) is 4.99. The molecule has 0 radical (unpaired) electrons. The molecule has 1 heterocycles. The van der Waals surface area contributed by atoms with Crippen molar-refractivity contribution in [3.63, 3.8) is 0 Å². The average Bonchev–Trinajstić information content (AvgIpc) is 3.38. The molecule has 1 aliphatic carbocycles. The second-order valence-corrected chi connectivity index (χ2v) is 6.63. The van der Waals surface area contributed by atoms with E-state index >= 15 is 0 Å². The summed E-state index contributed by atoms with van der Waals surface area (Å²) >= 11 is 0. The van der Waals surface area contributed by atoms with Crippen molar-refractivity contribution in [3.8, 4) is 5.75 Å². The number of nitrogens with zero attached hydrogens (tertiary/aromatic N) is 2. The first-order valence-electron chi connectivity index (χ1n) is 8.44. The van der Waals surface area contributed by atoms with E-state index in [9.17, 15) is 14.9 Å². The van der Waals surface area contributed by atoms with Gasteiger partial charge in [0.15, 0.2) is 12.4 Å². The van der Waals surface area contributed by atoms with Gasteiger partial charge in [-0.25, -0.2) is 0 Å². The molecule has 0 aromatic heterocycles. The van der Waals surface area contributed by atoms with Crippen LogP contribution in [0.15, 0.2) is 18.2 Å². The molecule has 1 saturated carbocycles. The van der Waals surface area contributed by atoms with E-state index in [1.165, 1.54) is 18.9 Å². The number of aryl methyl sites for hydroxylation is 1. The van der Waals surface area contributed by atoms with Crippen molar-refractivity contribution in [2.75, 3.05) is 19.7 Å². The molecular weight excluding hydrogens is 310 g/mol. The highest BCUT2D eigenvalue weighted by Crippen LogP contribution is 2.29. The van der Waals surface area contributed by atoms with Crippen LogP contribution in [0.4, 0.5) is 5.69 Å². The first-order chi connectivity index (χ1) is 11.5. The number of nitrogens with one attached hydrogen (secondary N) is 1. The maximum absolute atomic E-state index is 12.1. The zero-order valence-corrected chi connectivity index (χ0v) is 13.9. The molecule has 7 nitrogen and oxygen atoms in total. The third kappa shape index (κ3) is 4.23. The Balaban J connectivity index is 1.47. The lowest BCUT2D eigenvalue weighted by atomic mass is 10.0. The van der Waals surface area contributed by atoms with E-state index in [1.54, 1.807) is 12.1 Å². The van der Waals surface area contributed by atoms with E-state index in [2.05, 4.69) is 10.2 Å². The lowest BCUT2D eigenvalue weighted by molar-refractivity contribution is -0.385. The summed E-state index contributed by atoms with van der Waals surface area (Å²) in [6, 6.07) is 5.57. The van der Waals surface area contributed by atoms with Crippen LogP contribution >= 0.6 is 0 Å². The summed E-state index contributed by atoms with van der Waals surface area (Å²) < 4.78 is 5.39. The van der Waals surface area contributed by atoms with Crippen LogP contribution in [0.1, 0.15) is 31.2 Å². The summed E-state index contributed by atoms with van der Waals surface area (Å²) in [5, 5.41) is 14.0. The third-order valence-electron chi connectivity index (χ3n) is 4.63. The maximum Gasteiger partial charge on any atom is 0.310 e. The molecule has 1 amide bonds. The summed E-state index contributed by atoms with van der Waals surface area (Å²) in [7, 11) is 0. The monoisotopic (exact) mass is 333 g/mol. The molecule has 0 bridgehead atoms. The van der Waals surface area contributed by atoms with Crippen LogP contribution in [-0.4, -0.2) is 47.5 Å². The van der Waals surface area contributed by atoms with Crippen LogP contribution in [0.2, 0.25) is 0 Å². The number of carbonyl (C=O) groups is 1. The minimum atomic E-state index is -0.500. The molecule has 1 aromatic rings. The number of piperidine rings is 1. The van der Waals surface area contributed by atoms with Gasteiger partial charge in [0.05, 0.1) is 4.92 Å². The number of carbonyl (C=O) groups excluding carboxylic acids is 1. The molecule has 3 rings (SSSR count). The van der Waals surface area contributed by atoms with Gasteiger partial charge in [0.2, 0.25) is 0 Å². The van der Waals surface area contributed by atoms with Gasteiger partial charge < -0.3 is 15.0 Å². The first-order valence-corrected chi connectivity index (χ1v) is 8.44. The molecule has 2 fully saturated rings. The average molecular weight is 333 g/mol. The standard InChI is InChI=1S/C17H23N3O4/c1-12-2-5-15(20(22)23)16(10-12)24-11-17(21)18-13-6-8-19(9-7-13)14-3-4-14/h2,5,10,13-14H,3-4,6-9,11H2,1H3,(H,18,21). The molecular formula is C17H23N3O4. The van der Waals surface area contributed by atoms with E-state index < -0.39 is 4.92 Å². The summed E-state index contributed by atoms with van der Waals surface area (Å²) in [6.45, 7) is 3.68. The largest absolute Gasteiger partial charge is 0.477 e. The molecule has 24 heavy (non-hydrogen) atoms. The number of nitro benzene ring substituents is 1. The normalized spacial score (nSPS) is 19.0. The van der Waals surface area contributed by atoms with Crippen molar-refractivity contribution in [1.82, 2.24) is 10.2 Å². The van der Waals surface area contributed by atoms with Gasteiger partial charge in [-0.2, -0.15) is 0 Å². The predicted molar refractivity (Wildman–Crippen MR) is 89.1 cm³/mol. The maximum atomic E-state index is 12.1. The first kappa shape index (κ1) is 16.7. The Morgan fingerprint density at radius 1 is 1.33 bits per heavy atom.